The molecule has 0 aliphatic rings. The molecule has 0 spiro atoms. The van der Waals surface area contributed by atoms with Crippen LogP contribution in [0.15, 0.2) is 23.8 Å². The third-order valence-corrected chi connectivity index (χ3v) is 5.90. The zero-order chi connectivity index (χ0) is 23.1. The molecule has 0 aliphatic carbocycles. The molecule has 0 saturated heterocycles. The van der Waals surface area contributed by atoms with Gasteiger partial charge in [-0.25, -0.2) is 0 Å². The fourth-order valence-electron chi connectivity index (χ4n) is 3.64. The molecular weight excluding hydrogens is 384 g/mol. The van der Waals surface area contributed by atoms with Gasteiger partial charge in [-0.3, -0.25) is 0 Å². The van der Waals surface area contributed by atoms with Crippen molar-refractivity contribution >= 4 is 0 Å². The van der Waals surface area contributed by atoms with Gasteiger partial charge < -0.3 is 29.2 Å². The van der Waals surface area contributed by atoms with Gasteiger partial charge in [0.25, 0.3) is 0 Å². The van der Waals surface area contributed by atoms with E-state index >= 15 is 0 Å². The van der Waals surface area contributed by atoms with E-state index in [-0.39, 0.29) is 24.2 Å². The van der Waals surface area contributed by atoms with Crippen molar-refractivity contribution in [2.24, 2.45) is 11.8 Å². The topological polar surface area (TPSA) is 77.4 Å². The quantitative estimate of drug-likeness (QED) is 0.267. The van der Waals surface area contributed by atoms with Crippen LogP contribution in [0, 0.1) is 11.8 Å². The maximum absolute atomic E-state index is 10.5. The van der Waals surface area contributed by atoms with Crippen molar-refractivity contribution < 1.29 is 29.2 Å². The Balaban J connectivity index is 4.59. The molecule has 0 rings (SSSR count). The van der Waals surface area contributed by atoms with Gasteiger partial charge >= 0.3 is 0 Å². The number of methoxy groups -OCH3 is 4. The van der Waals surface area contributed by atoms with Gasteiger partial charge in [0.2, 0.25) is 0 Å². The maximum atomic E-state index is 10.5. The van der Waals surface area contributed by atoms with E-state index in [4.69, 9.17) is 18.9 Å². The minimum Gasteiger partial charge on any atom is -0.393 e. The first-order valence-electron chi connectivity index (χ1n) is 11.0. The summed E-state index contributed by atoms with van der Waals surface area (Å²) in [4.78, 5) is 0. The van der Waals surface area contributed by atoms with Crippen molar-refractivity contribution in [2.45, 2.75) is 90.5 Å². The van der Waals surface area contributed by atoms with Gasteiger partial charge in [0.15, 0.2) is 6.29 Å². The van der Waals surface area contributed by atoms with Crippen LogP contribution in [0.3, 0.4) is 0 Å². The summed E-state index contributed by atoms with van der Waals surface area (Å²) in [6.45, 7) is 8.40. The van der Waals surface area contributed by atoms with Crippen molar-refractivity contribution in [3.05, 3.63) is 23.8 Å². The van der Waals surface area contributed by atoms with E-state index in [0.29, 0.717) is 12.3 Å². The molecule has 0 aromatic carbocycles. The highest BCUT2D eigenvalue weighted by Crippen LogP contribution is 2.21. The van der Waals surface area contributed by atoms with Crippen molar-refractivity contribution in [3.63, 3.8) is 0 Å². The number of aliphatic hydroxyl groups excluding tert-OH is 2. The molecule has 0 radical (unpaired) electrons. The Bertz CT molecular complexity index is 474. The number of hydrogen-bond donors (Lipinski definition) is 2. The molecule has 0 aliphatic heterocycles. The summed E-state index contributed by atoms with van der Waals surface area (Å²) < 4.78 is 21.3. The third kappa shape index (κ3) is 11.6. The average Bonchev–Trinajstić information content (AvgIpc) is 2.74. The van der Waals surface area contributed by atoms with Crippen molar-refractivity contribution in [3.8, 4) is 0 Å². The zero-order valence-electron chi connectivity index (χ0n) is 20.3. The summed E-state index contributed by atoms with van der Waals surface area (Å²) in [5.41, 5.74) is 1.15. The van der Waals surface area contributed by atoms with E-state index in [0.717, 1.165) is 31.3 Å². The minimum atomic E-state index is -0.974. The molecule has 6 nitrogen and oxygen atoms in total. The van der Waals surface area contributed by atoms with Gasteiger partial charge in [-0.05, 0) is 38.5 Å². The average molecular weight is 431 g/mol. The van der Waals surface area contributed by atoms with Crippen LogP contribution in [0.5, 0.6) is 0 Å². The molecule has 0 aromatic heterocycles. The zero-order valence-corrected chi connectivity index (χ0v) is 20.3. The van der Waals surface area contributed by atoms with Crippen molar-refractivity contribution in [1.82, 2.24) is 0 Å². The first-order chi connectivity index (χ1) is 14.2. The molecule has 7 atom stereocenters. The van der Waals surface area contributed by atoms with Crippen LogP contribution in [-0.4, -0.2) is 69.4 Å². The molecule has 0 amide bonds. The Morgan fingerprint density at radius 3 is 2.03 bits per heavy atom. The summed E-state index contributed by atoms with van der Waals surface area (Å²) in [6, 6.07) is 0. The van der Waals surface area contributed by atoms with Crippen LogP contribution in [0.25, 0.3) is 0 Å². The summed E-state index contributed by atoms with van der Waals surface area (Å²) in [5, 5.41) is 20.3. The van der Waals surface area contributed by atoms with Crippen LogP contribution in [0.4, 0.5) is 0 Å². The Hall–Kier alpha value is -0.760. The van der Waals surface area contributed by atoms with E-state index in [1.165, 1.54) is 7.11 Å². The molecule has 0 heterocycles. The normalized spacial score (nSPS) is 20.0. The lowest BCUT2D eigenvalue weighted by molar-refractivity contribution is -0.164. The molecule has 0 fully saturated rings. The van der Waals surface area contributed by atoms with Crippen LogP contribution < -0.4 is 0 Å². The predicted molar refractivity (Wildman–Crippen MR) is 121 cm³/mol. The minimum absolute atomic E-state index is 0.0804. The highest BCUT2D eigenvalue weighted by molar-refractivity contribution is 5.12. The Labute approximate surface area is 184 Å². The second kappa shape index (κ2) is 16.9. The van der Waals surface area contributed by atoms with Crippen molar-refractivity contribution in [1.29, 1.82) is 0 Å². The lowest BCUT2D eigenvalue weighted by Crippen LogP contribution is -2.33. The smallest absolute Gasteiger partial charge is 0.180 e. The molecule has 2 N–H and O–H groups in total. The fraction of sp³-hybridized carbons (Fsp3) is 0.833. The monoisotopic (exact) mass is 430 g/mol. The van der Waals surface area contributed by atoms with Crippen LogP contribution in [0.1, 0.15) is 59.8 Å². The second-order valence-electron chi connectivity index (χ2n) is 8.26. The number of rotatable bonds is 17. The lowest BCUT2D eigenvalue weighted by Gasteiger charge is -2.25. The van der Waals surface area contributed by atoms with E-state index in [2.05, 4.69) is 13.8 Å². The second-order valence-corrected chi connectivity index (χ2v) is 8.26. The lowest BCUT2D eigenvalue weighted by atomic mass is 9.91. The van der Waals surface area contributed by atoms with Gasteiger partial charge in [0.05, 0.1) is 18.3 Å². The van der Waals surface area contributed by atoms with Gasteiger partial charge in [0, 0.05) is 40.8 Å². The van der Waals surface area contributed by atoms with Crippen LogP contribution >= 0.6 is 0 Å². The highest BCUT2D eigenvalue weighted by atomic mass is 16.6. The van der Waals surface area contributed by atoms with Gasteiger partial charge in [0.1, 0.15) is 6.10 Å². The molecule has 30 heavy (non-hydrogen) atoms. The van der Waals surface area contributed by atoms with E-state index < -0.39 is 12.4 Å². The van der Waals surface area contributed by atoms with Gasteiger partial charge in [-0.15, -0.1) is 0 Å². The highest BCUT2D eigenvalue weighted by Gasteiger charge is 2.23. The third-order valence-electron chi connectivity index (χ3n) is 5.90. The largest absolute Gasteiger partial charge is 0.393 e. The molecule has 0 bridgehead atoms. The molecule has 0 saturated carbocycles. The number of ether oxygens (including phenoxy) is 4. The predicted octanol–water partition coefficient (Wildman–Crippen LogP) is 4.10. The first kappa shape index (κ1) is 29.2. The Kier molecular flexibility index (Phi) is 16.4. The summed E-state index contributed by atoms with van der Waals surface area (Å²) in [7, 11) is 6.41. The van der Waals surface area contributed by atoms with Crippen molar-refractivity contribution in [2.75, 3.05) is 28.4 Å². The number of aliphatic hydroxyl groups is 2. The van der Waals surface area contributed by atoms with Gasteiger partial charge in [-0.2, -0.15) is 0 Å². The Morgan fingerprint density at radius 1 is 0.900 bits per heavy atom. The first-order valence-corrected chi connectivity index (χ1v) is 11.0. The van der Waals surface area contributed by atoms with E-state index in [9.17, 15) is 10.2 Å². The SMILES string of the molecule is CCC(OC)C(C)CCC(O)C(C)/C=C/C=C(\C)C[C@@H](CC(OC)[C@@H](O)OC)OC. The molecule has 178 valence electrons. The van der Waals surface area contributed by atoms with Crippen LogP contribution in [-0.2, 0) is 18.9 Å². The molecule has 0 aromatic rings. The number of allylic oxidation sites excluding steroid dienone is 2. The summed E-state index contributed by atoms with van der Waals surface area (Å²) in [6.07, 6.45) is 8.45. The standard InChI is InChI=1S/C24H46O6/c1-9-22(28-6)19(4)13-14-21(25)18(3)12-10-11-17(2)15-20(27-5)16-23(29-7)24(26)30-8/h10-12,18-26H,9,13-16H2,1-8H3/b12-10+,17-11+/t18?,19?,20-,21?,22?,23?,24-/m0/s1. The molecule has 6 heteroatoms. The van der Waals surface area contributed by atoms with Crippen LogP contribution in [0.2, 0.25) is 0 Å². The van der Waals surface area contributed by atoms with Gasteiger partial charge in [-0.1, -0.05) is 44.6 Å². The van der Waals surface area contributed by atoms with E-state index in [1.54, 1.807) is 21.3 Å². The maximum Gasteiger partial charge on any atom is 0.180 e. The summed E-state index contributed by atoms with van der Waals surface area (Å²) >= 11 is 0. The molecule has 5 unspecified atom stereocenters. The summed E-state index contributed by atoms with van der Waals surface area (Å²) in [5.74, 6) is 0.517. The van der Waals surface area contributed by atoms with E-state index in [1.807, 2.05) is 32.1 Å². The molecular formula is C24H46O6. The number of hydrogen-bond acceptors (Lipinski definition) is 6. The fourth-order valence-corrected chi connectivity index (χ4v) is 3.64. The Morgan fingerprint density at radius 2 is 1.53 bits per heavy atom.